The number of alkyl halides is 2. The SMILES string of the molecule is CN(C)C/C=C/C(=O)N1Cc2sc3ncnc(N)c3c2CC1(F)F.OCCc1ccccc1. The van der Waals surface area contributed by atoms with Gasteiger partial charge >= 0.3 is 6.05 Å². The molecular weight excluding hydrogens is 448 g/mol. The predicted molar refractivity (Wildman–Crippen MR) is 126 cm³/mol. The molecule has 0 radical (unpaired) electrons. The zero-order chi connectivity index (χ0) is 24.0. The fourth-order valence-electron chi connectivity index (χ4n) is 3.41. The van der Waals surface area contributed by atoms with Gasteiger partial charge < -0.3 is 15.7 Å². The third-order valence-corrected chi connectivity index (χ3v) is 6.15. The number of nitrogens with two attached hydrogens (primary N) is 1. The van der Waals surface area contributed by atoms with Gasteiger partial charge in [0.2, 0.25) is 0 Å². The number of nitrogens with zero attached hydrogens (tertiary/aromatic N) is 4. The molecule has 4 rings (SSSR count). The number of hydrogen-bond donors (Lipinski definition) is 2. The fraction of sp³-hybridized carbons (Fsp3) is 0.348. The van der Waals surface area contributed by atoms with Crippen molar-refractivity contribution in [1.82, 2.24) is 19.8 Å². The van der Waals surface area contributed by atoms with Crippen LogP contribution < -0.4 is 5.73 Å². The molecule has 0 saturated heterocycles. The number of fused-ring (bicyclic) bond motifs is 3. The molecule has 1 aliphatic heterocycles. The van der Waals surface area contributed by atoms with E-state index in [1.54, 1.807) is 6.08 Å². The number of nitrogen functional groups attached to an aromatic ring is 1. The van der Waals surface area contributed by atoms with Gasteiger partial charge in [-0.05, 0) is 31.6 Å². The summed E-state index contributed by atoms with van der Waals surface area (Å²) in [5, 5.41) is 9.00. The van der Waals surface area contributed by atoms with Gasteiger partial charge in [-0.1, -0.05) is 36.4 Å². The standard InChI is InChI=1S/C15H17F2N5OS.C8H10O/c1-21(2)5-3-4-11(23)22-7-10-9(6-15(22,16)17)12-13(18)19-8-20-14(12)24-10;9-7-6-8-4-2-1-3-5-8/h3-4,8H,5-7H2,1-2H3,(H2,18,19,20);1-5,9H,6-7H2/b4-3+;. The lowest BCUT2D eigenvalue weighted by Gasteiger charge is -2.34. The lowest BCUT2D eigenvalue weighted by molar-refractivity contribution is -0.174. The molecule has 3 N–H and O–H groups in total. The molecule has 0 fully saturated rings. The molecular formula is C23H27F2N5O2S. The largest absolute Gasteiger partial charge is 0.396 e. The van der Waals surface area contributed by atoms with Crippen LogP contribution in [-0.2, 0) is 24.2 Å². The Hall–Kier alpha value is -2.95. The minimum Gasteiger partial charge on any atom is -0.396 e. The highest BCUT2D eigenvalue weighted by Crippen LogP contribution is 2.42. The van der Waals surface area contributed by atoms with Crippen LogP contribution in [0.5, 0.6) is 0 Å². The normalized spacial score (nSPS) is 14.9. The summed E-state index contributed by atoms with van der Waals surface area (Å²) in [6.45, 7) is 0.587. The number of halogens is 2. The Balaban J connectivity index is 0.000000286. The summed E-state index contributed by atoms with van der Waals surface area (Å²) in [7, 11) is 3.67. The molecule has 0 aliphatic carbocycles. The number of thiophene rings is 1. The number of aliphatic hydroxyl groups excluding tert-OH is 1. The van der Waals surface area contributed by atoms with Crippen LogP contribution in [0.3, 0.4) is 0 Å². The van der Waals surface area contributed by atoms with Gasteiger partial charge in [0, 0.05) is 24.1 Å². The molecule has 1 aliphatic rings. The second-order valence-electron chi connectivity index (χ2n) is 7.83. The first kappa shape index (κ1) is 24.7. The molecule has 0 saturated carbocycles. The maximum atomic E-state index is 14.5. The minimum atomic E-state index is -3.27. The zero-order valence-electron chi connectivity index (χ0n) is 18.5. The Bertz CT molecular complexity index is 1120. The van der Waals surface area contributed by atoms with Gasteiger partial charge in [-0.15, -0.1) is 11.3 Å². The third kappa shape index (κ3) is 6.10. The maximum absolute atomic E-state index is 14.5. The van der Waals surface area contributed by atoms with E-state index in [1.807, 2.05) is 49.3 Å². The van der Waals surface area contributed by atoms with Gasteiger partial charge in [0.25, 0.3) is 5.91 Å². The predicted octanol–water partition coefficient (Wildman–Crippen LogP) is 3.09. The van der Waals surface area contributed by atoms with Gasteiger partial charge in [0.05, 0.1) is 18.4 Å². The third-order valence-electron chi connectivity index (χ3n) is 5.03. The molecule has 10 heteroatoms. The second kappa shape index (κ2) is 10.8. The molecule has 2 aromatic heterocycles. The van der Waals surface area contributed by atoms with E-state index in [1.165, 1.54) is 29.3 Å². The molecule has 0 bridgehead atoms. The summed E-state index contributed by atoms with van der Waals surface area (Å²) < 4.78 is 29.0. The summed E-state index contributed by atoms with van der Waals surface area (Å²) in [6, 6.07) is 6.67. The highest BCUT2D eigenvalue weighted by molar-refractivity contribution is 7.19. The minimum absolute atomic E-state index is 0.159. The summed E-state index contributed by atoms with van der Waals surface area (Å²) in [5.74, 6) is -0.511. The van der Waals surface area contributed by atoms with E-state index < -0.39 is 18.4 Å². The van der Waals surface area contributed by atoms with E-state index in [0.29, 0.717) is 32.1 Å². The van der Waals surface area contributed by atoms with Crippen molar-refractivity contribution in [3.63, 3.8) is 0 Å². The Morgan fingerprint density at radius 1 is 1.30 bits per heavy atom. The van der Waals surface area contributed by atoms with E-state index in [4.69, 9.17) is 10.8 Å². The average molecular weight is 476 g/mol. The number of likely N-dealkylation sites (N-methyl/N-ethyl adjacent to an activating group) is 1. The van der Waals surface area contributed by atoms with Crippen molar-refractivity contribution in [3.8, 4) is 0 Å². The van der Waals surface area contributed by atoms with Crippen LogP contribution in [0.1, 0.15) is 16.0 Å². The lowest BCUT2D eigenvalue weighted by atomic mass is 10.0. The molecule has 33 heavy (non-hydrogen) atoms. The number of hydrogen-bond acceptors (Lipinski definition) is 7. The van der Waals surface area contributed by atoms with Crippen LogP contribution in [0, 0.1) is 0 Å². The molecule has 0 unspecified atom stereocenters. The van der Waals surface area contributed by atoms with E-state index in [2.05, 4.69) is 9.97 Å². The van der Waals surface area contributed by atoms with Crippen molar-refractivity contribution in [1.29, 1.82) is 0 Å². The van der Waals surface area contributed by atoms with Crippen molar-refractivity contribution in [2.75, 3.05) is 33.0 Å². The van der Waals surface area contributed by atoms with Crippen LogP contribution in [-0.4, -0.2) is 64.1 Å². The molecule has 176 valence electrons. The average Bonchev–Trinajstić information content (AvgIpc) is 3.11. The van der Waals surface area contributed by atoms with Crippen molar-refractivity contribution in [3.05, 3.63) is 64.8 Å². The summed E-state index contributed by atoms with van der Waals surface area (Å²) in [6.07, 6.45) is 4.27. The number of anilines is 1. The van der Waals surface area contributed by atoms with Gasteiger partial charge in [0.15, 0.2) is 0 Å². The second-order valence-corrected chi connectivity index (χ2v) is 8.92. The Morgan fingerprint density at radius 3 is 2.70 bits per heavy atom. The molecule has 7 nitrogen and oxygen atoms in total. The number of aliphatic hydroxyl groups is 1. The molecule has 3 heterocycles. The maximum Gasteiger partial charge on any atom is 0.332 e. The van der Waals surface area contributed by atoms with Gasteiger partial charge in [-0.2, -0.15) is 8.78 Å². The number of carbonyl (C=O) groups excluding carboxylic acids is 1. The van der Waals surface area contributed by atoms with E-state index in [9.17, 15) is 13.6 Å². The fourth-order valence-corrected chi connectivity index (χ4v) is 4.56. The Labute approximate surface area is 195 Å². The number of aromatic nitrogens is 2. The lowest BCUT2D eigenvalue weighted by Crippen LogP contribution is -2.48. The quantitative estimate of drug-likeness (QED) is 0.435. The first-order valence-electron chi connectivity index (χ1n) is 10.4. The number of carbonyl (C=O) groups is 1. The van der Waals surface area contributed by atoms with Crippen LogP contribution in [0.4, 0.5) is 14.6 Å². The molecule has 3 aromatic rings. The van der Waals surface area contributed by atoms with Gasteiger partial charge in [0.1, 0.15) is 17.0 Å². The molecule has 1 aromatic carbocycles. The van der Waals surface area contributed by atoms with Crippen molar-refractivity contribution < 1.29 is 18.7 Å². The summed E-state index contributed by atoms with van der Waals surface area (Å²) in [4.78, 5) is 23.8. The molecule has 0 atom stereocenters. The highest BCUT2D eigenvalue weighted by Gasteiger charge is 2.45. The topological polar surface area (TPSA) is 95.6 Å². The van der Waals surface area contributed by atoms with E-state index in [-0.39, 0.29) is 19.0 Å². The Kier molecular flexibility index (Phi) is 8.06. The van der Waals surface area contributed by atoms with Gasteiger partial charge in [-0.3, -0.25) is 9.69 Å². The number of amides is 1. The van der Waals surface area contributed by atoms with E-state index >= 15 is 0 Å². The Morgan fingerprint density at radius 2 is 2.03 bits per heavy atom. The van der Waals surface area contributed by atoms with Crippen LogP contribution in [0.25, 0.3) is 10.2 Å². The molecule has 1 amide bonds. The van der Waals surface area contributed by atoms with Crippen molar-refractivity contribution in [2.45, 2.75) is 25.4 Å². The monoisotopic (exact) mass is 475 g/mol. The van der Waals surface area contributed by atoms with E-state index in [0.717, 1.165) is 6.42 Å². The highest BCUT2D eigenvalue weighted by atomic mass is 32.1. The number of rotatable bonds is 5. The van der Waals surface area contributed by atoms with Crippen LogP contribution in [0.2, 0.25) is 0 Å². The van der Waals surface area contributed by atoms with Gasteiger partial charge in [-0.25, -0.2) is 9.97 Å². The first-order valence-corrected chi connectivity index (χ1v) is 11.2. The van der Waals surface area contributed by atoms with Crippen LogP contribution >= 0.6 is 11.3 Å². The summed E-state index contributed by atoms with van der Waals surface area (Å²) >= 11 is 1.27. The van der Waals surface area contributed by atoms with Crippen molar-refractivity contribution in [2.24, 2.45) is 0 Å². The van der Waals surface area contributed by atoms with Crippen LogP contribution in [0.15, 0.2) is 48.8 Å². The zero-order valence-corrected chi connectivity index (χ0v) is 19.4. The first-order chi connectivity index (χ1) is 15.7. The smallest absolute Gasteiger partial charge is 0.332 e. The van der Waals surface area contributed by atoms with Crippen molar-refractivity contribution >= 4 is 33.3 Å². The summed E-state index contributed by atoms with van der Waals surface area (Å²) in [5.41, 5.74) is 7.45. The number of benzene rings is 1. The molecule has 0 spiro atoms.